The van der Waals surface area contributed by atoms with Crippen molar-refractivity contribution in [2.75, 3.05) is 0 Å². The van der Waals surface area contributed by atoms with Gasteiger partial charge in [-0.3, -0.25) is 9.97 Å². The second-order valence-electron chi connectivity index (χ2n) is 11.6. The van der Waals surface area contributed by atoms with Gasteiger partial charge in [-0.25, -0.2) is 0 Å². The largest absolute Gasteiger partial charge is 0.304 e. The number of pyridine rings is 3. The number of rotatable bonds is 7. The molecule has 0 aliphatic carbocycles. The van der Waals surface area contributed by atoms with E-state index in [0.717, 1.165) is 78.0 Å². The first-order valence-electron chi connectivity index (χ1n) is 16.0. The van der Waals surface area contributed by atoms with Crippen LogP contribution >= 0.6 is 0 Å². The van der Waals surface area contributed by atoms with Gasteiger partial charge in [0, 0.05) is 62.2 Å². The normalized spacial score (nSPS) is 10.7. The Morgan fingerprint density at radius 3 is 1.16 bits per heavy atom. The summed E-state index contributed by atoms with van der Waals surface area (Å²) in [5, 5.41) is 0. The summed E-state index contributed by atoms with van der Waals surface area (Å²) < 4.78 is 0. The summed E-state index contributed by atoms with van der Waals surface area (Å²) in [5.41, 5.74) is 15.3. The zero-order valence-electron chi connectivity index (χ0n) is 26.5. The molecule has 8 rings (SSSR count). The fourth-order valence-corrected chi connectivity index (χ4v) is 6.36. The molecule has 0 N–H and O–H groups in total. The van der Waals surface area contributed by atoms with Crippen molar-refractivity contribution in [2.24, 2.45) is 0 Å². The van der Waals surface area contributed by atoms with Gasteiger partial charge in [0.1, 0.15) is 0 Å². The molecule has 0 aliphatic heterocycles. The van der Waals surface area contributed by atoms with Crippen LogP contribution in [-0.4, -0.2) is 15.0 Å². The van der Waals surface area contributed by atoms with E-state index in [0.29, 0.717) is 0 Å². The zero-order valence-corrected chi connectivity index (χ0v) is 28.9. The van der Waals surface area contributed by atoms with Crippen molar-refractivity contribution in [3.63, 3.8) is 0 Å². The molecule has 1 radical (unpaired) electrons. The molecule has 0 saturated carbocycles. The minimum absolute atomic E-state index is 0. The predicted molar refractivity (Wildman–Crippen MR) is 197 cm³/mol. The van der Waals surface area contributed by atoms with Gasteiger partial charge in [0.2, 0.25) is 0 Å². The summed E-state index contributed by atoms with van der Waals surface area (Å²) in [4.78, 5) is 13.7. The molecule has 3 nitrogen and oxygen atoms in total. The SMILES string of the molecule is [Ir].[c-]1ccccc1-c1ccc(-c2ccccc2-c2cc(-c3ccccc3-c3cccnc3)cc(-c3ccccc3-c3cccnc3)c2)cn1. The van der Waals surface area contributed by atoms with Gasteiger partial charge in [-0.05, 0) is 91.7 Å². The van der Waals surface area contributed by atoms with Crippen molar-refractivity contribution < 1.29 is 20.1 Å². The van der Waals surface area contributed by atoms with Gasteiger partial charge in [-0.15, -0.1) is 35.9 Å². The number of nitrogens with zero attached hydrogens (tertiary/aromatic N) is 3. The summed E-state index contributed by atoms with van der Waals surface area (Å²) in [7, 11) is 0. The Bertz CT molecular complexity index is 2220. The molecule has 3 heterocycles. The monoisotopic (exact) mass is 805 g/mol. The van der Waals surface area contributed by atoms with E-state index >= 15 is 0 Å². The van der Waals surface area contributed by atoms with Crippen LogP contribution in [0.1, 0.15) is 0 Å². The molecule has 0 unspecified atom stereocenters. The number of hydrogen-bond acceptors (Lipinski definition) is 3. The van der Waals surface area contributed by atoms with Gasteiger partial charge in [-0.2, -0.15) is 0 Å². The molecule has 49 heavy (non-hydrogen) atoms. The molecule has 4 heteroatoms. The average Bonchev–Trinajstić information content (AvgIpc) is 3.19. The number of aromatic nitrogens is 3. The molecule has 5 aromatic carbocycles. The van der Waals surface area contributed by atoms with E-state index in [1.165, 1.54) is 0 Å². The third-order valence-corrected chi connectivity index (χ3v) is 8.65. The van der Waals surface area contributed by atoms with Crippen LogP contribution in [0.3, 0.4) is 0 Å². The summed E-state index contributed by atoms with van der Waals surface area (Å²) >= 11 is 0. The van der Waals surface area contributed by atoms with Crippen molar-refractivity contribution in [3.05, 3.63) is 189 Å². The maximum atomic E-state index is 4.84. The molecule has 0 fully saturated rings. The van der Waals surface area contributed by atoms with Crippen molar-refractivity contribution in [1.82, 2.24) is 15.0 Å². The van der Waals surface area contributed by atoms with Crippen LogP contribution in [0.4, 0.5) is 0 Å². The molecule has 0 saturated heterocycles. The summed E-state index contributed by atoms with van der Waals surface area (Å²) in [6, 6.07) is 56.4. The second kappa shape index (κ2) is 14.5. The van der Waals surface area contributed by atoms with Crippen LogP contribution in [-0.2, 0) is 20.1 Å². The minimum Gasteiger partial charge on any atom is -0.304 e. The van der Waals surface area contributed by atoms with Crippen LogP contribution in [0.2, 0.25) is 0 Å². The van der Waals surface area contributed by atoms with E-state index in [-0.39, 0.29) is 20.1 Å². The zero-order chi connectivity index (χ0) is 32.1. The number of hydrogen-bond donors (Lipinski definition) is 0. The van der Waals surface area contributed by atoms with Crippen molar-refractivity contribution in [3.8, 4) is 78.0 Å². The van der Waals surface area contributed by atoms with E-state index in [2.05, 4.69) is 131 Å². The predicted octanol–water partition coefficient (Wildman–Crippen LogP) is 11.3. The third kappa shape index (κ3) is 6.66. The fraction of sp³-hybridized carbons (Fsp3) is 0. The van der Waals surface area contributed by atoms with Crippen molar-refractivity contribution in [2.45, 2.75) is 0 Å². The molecule has 0 amide bonds. The Morgan fingerprint density at radius 2 is 0.796 bits per heavy atom. The van der Waals surface area contributed by atoms with Crippen molar-refractivity contribution >= 4 is 0 Å². The van der Waals surface area contributed by atoms with E-state index in [1.54, 1.807) is 0 Å². The maximum Gasteiger partial charge on any atom is 0.0346 e. The molecule has 0 atom stereocenters. The van der Waals surface area contributed by atoms with Gasteiger partial charge in [0.25, 0.3) is 0 Å². The van der Waals surface area contributed by atoms with E-state index in [1.807, 2.05) is 67.4 Å². The minimum atomic E-state index is 0. The summed E-state index contributed by atoms with van der Waals surface area (Å²) in [6.45, 7) is 0. The maximum absolute atomic E-state index is 4.84. The van der Waals surface area contributed by atoms with Gasteiger partial charge in [0.15, 0.2) is 0 Å². The standard InChI is InChI=1S/C45H30N3.Ir/c1-2-12-32(13-3-1)45-23-22-35(31-48-45)41-18-6-9-21-44(41)38-27-36(42-19-7-4-16-39(42)33-14-10-24-46-29-33)26-37(28-38)43-20-8-5-17-40(43)34-15-11-25-47-30-34;/h1-12,14-31H;/q-1;. The van der Waals surface area contributed by atoms with Crippen LogP contribution in [0.15, 0.2) is 183 Å². The second-order valence-corrected chi connectivity index (χ2v) is 11.6. The van der Waals surface area contributed by atoms with Gasteiger partial charge < -0.3 is 4.98 Å². The van der Waals surface area contributed by atoms with Crippen LogP contribution in [0.25, 0.3) is 78.0 Å². The molecular formula is C45H30IrN3-. The van der Waals surface area contributed by atoms with Crippen LogP contribution in [0.5, 0.6) is 0 Å². The molecule has 0 spiro atoms. The van der Waals surface area contributed by atoms with Gasteiger partial charge >= 0.3 is 0 Å². The summed E-state index contributed by atoms with van der Waals surface area (Å²) in [6.07, 6.45) is 9.46. The first-order chi connectivity index (χ1) is 23.8. The Morgan fingerprint density at radius 1 is 0.367 bits per heavy atom. The quantitative estimate of drug-likeness (QED) is 0.151. The Kier molecular flexibility index (Phi) is 9.43. The average molecular weight is 805 g/mol. The van der Waals surface area contributed by atoms with Gasteiger partial charge in [-0.1, -0.05) is 97.1 Å². The van der Waals surface area contributed by atoms with Crippen molar-refractivity contribution in [1.29, 1.82) is 0 Å². The molecular weight excluding hydrogens is 775 g/mol. The van der Waals surface area contributed by atoms with E-state index in [4.69, 9.17) is 4.98 Å². The number of benzene rings is 5. The molecule has 235 valence electrons. The topological polar surface area (TPSA) is 38.7 Å². The molecule has 8 aromatic rings. The Labute approximate surface area is 300 Å². The molecule has 3 aromatic heterocycles. The first kappa shape index (κ1) is 31.8. The smallest absolute Gasteiger partial charge is 0.0346 e. The van der Waals surface area contributed by atoms with E-state index < -0.39 is 0 Å². The van der Waals surface area contributed by atoms with Gasteiger partial charge in [0.05, 0.1) is 0 Å². The molecule has 0 bridgehead atoms. The van der Waals surface area contributed by atoms with Crippen LogP contribution < -0.4 is 0 Å². The fourth-order valence-electron chi connectivity index (χ4n) is 6.36. The van der Waals surface area contributed by atoms with Crippen LogP contribution in [0, 0.1) is 6.07 Å². The third-order valence-electron chi connectivity index (χ3n) is 8.65. The first-order valence-corrected chi connectivity index (χ1v) is 16.0. The summed E-state index contributed by atoms with van der Waals surface area (Å²) in [5.74, 6) is 0. The van der Waals surface area contributed by atoms with E-state index in [9.17, 15) is 0 Å². The molecule has 0 aliphatic rings. The Balaban J connectivity index is 0.00000378. The Hall–Kier alpha value is -5.80.